The second kappa shape index (κ2) is 8.45. The molecule has 0 bridgehead atoms. The molecule has 26 heavy (non-hydrogen) atoms. The standard InChI is InChI=1S/C21H20N2O2S/c1-3-25-18-11-9-17(10-12-18)19-14-26-21(22-19)23-20(24)13-8-16-6-4-15(2)5-7-16/h4-14H,3H2,1-2H3,(H,22,23,24)/b13-8+. The summed E-state index contributed by atoms with van der Waals surface area (Å²) < 4.78 is 5.44. The number of hydrogen-bond donors (Lipinski definition) is 1. The molecule has 3 aromatic rings. The molecule has 0 aliphatic heterocycles. The van der Waals surface area contributed by atoms with Crippen LogP contribution in [0.25, 0.3) is 17.3 Å². The summed E-state index contributed by atoms with van der Waals surface area (Å²) in [6.45, 7) is 4.63. The van der Waals surface area contributed by atoms with Crippen molar-refractivity contribution < 1.29 is 9.53 Å². The fraction of sp³-hybridized carbons (Fsp3) is 0.143. The molecule has 5 heteroatoms. The first-order chi connectivity index (χ1) is 12.6. The highest BCUT2D eigenvalue weighted by Crippen LogP contribution is 2.26. The Hall–Kier alpha value is -2.92. The molecule has 0 fully saturated rings. The maximum absolute atomic E-state index is 12.1. The Morgan fingerprint density at radius 2 is 1.88 bits per heavy atom. The zero-order chi connectivity index (χ0) is 18.4. The van der Waals surface area contributed by atoms with Gasteiger partial charge in [-0.1, -0.05) is 29.8 Å². The second-order valence-electron chi connectivity index (χ2n) is 5.73. The van der Waals surface area contributed by atoms with Gasteiger partial charge in [0.2, 0.25) is 5.91 Å². The van der Waals surface area contributed by atoms with Crippen molar-refractivity contribution in [3.63, 3.8) is 0 Å². The predicted octanol–water partition coefficient (Wildman–Crippen LogP) is 5.17. The van der Waals surface area contributed by atoms with Crippen LogP contribution in [0.2, 0.25) is 0 Å². The van der Waals surface area contributed by atoms with E-state index >= 15 is 0 Å². The van der Waals surface area contributed by atoms with E-state index in [4.69, 9.17) is 4.74 Å². The van der Waals surface area contributed by atoms with E-state index in [-0.39, 0.29) is 5.91 Å². The molecule has 0 saturated heterocycles. The van der Waals surface area contributed by atoms with Gasteiger partial charge in [0.05, 0.1) is 12.3 Å². The van der Waals surface area contributed by atoms with Gasteiger partial charge in [0.1, 0.15) is 5.75 Å². The van der Waals surface area contributed by atoms with Gasteiger partial charge >= 0.3 is 0 Å². The van der Waals surface area contributed by atoms with Crippen molar-refractivity contribution in [2.45, 2.75) is 13.8 Å². The highest BCUT2D eigenvalue weighted by molar-refractivity contribution is 7.14. The molecule has 2 aromatic carbocycles. The molecule has 0 unspecified atom stereocenters. The van der Waals surface area contributed by atoms with E-state index in [1.54, 1.807) is 6.08 Å². The van der Waals surface area contributed by atoms with Gasteiger partial charge in [-0.25, -0.2) is 4.98 Å². The summed E-state index contributed by atoms with van der Waals surface area (Å²) in [6, 6.07) is 15.7. The molecule has 1 amide bonds. The van der Waals surface area contributed by atoms with E-state index in [1.807, 2.05) is 67.8 Å². The molecular formula is C21H20N2O2S. The van der Waals surface area contributed by atoms with Gasteiger partial charge in [-0.05, 0) is 49.8 Å². The highest BCUT2D eigenvalue weighted by Gasteiger charge is 2.07. The monoisotopic (exact) mass is 364 g/mol. The zero-order valence-corrected chi connectivity index (χ0v) is 15.5. The first-order valence-electron chi connectivity index (χ1n) is 8.38. The summed E-state index contributed by atoms with van der Waals surface area (Å²) in [5.74, 6) is 0.638. The number of thiazole rings is 1. The van der Waals surface area contributed by atoms with E-state index in [1.165, 1.54) is 23.0 Å². The number of carbonyl (C=O) groups is 1. The number of nitrogens with one attached hydrogen (secondary N) is 1. The number of amides is 1. The zero-order valence-electron chi connectivity index (χ0n) is 14.7. The average Bonchev–Trinajstić information content (AvgIpc) is 3.10. The maximum Gasteiger partial charge on any atom is 0.250 e. The van der Waals surface area contributed by atoms with Crippen molar-refractivity contribution in [3.8, 4) is 17.0 Å². The van der Waals surface area contributed by atoms with Crippen molar-refractivity contribution in [1.82, 2.24) is 4.98 Å². The Morgan fingerprint density at radius 3 is 2.58 bits per heavy atom. The van der Waals surface area contributed by atoms with Gasteiger partial charge in [-0.15, -0.1) is 11.3 Å². The van der Waals surface area contributed by atoms with Crippen molar-refractivity contribution in [2.75, 3.05) is 11.9 Å². The molecule has 3 rings (SSSR count). The highest BCUT2D eigenvalue weighted by atomic mass is 32.1. The van der Waals surface area contributed by atoms with E-state index in [9.17, 15) is 4.79 Å². The Kier molecular flexibility index (Phi) is 5.81. The van der Waals surface area contributed by atoms with Crippen LogP contribution in [0.15, 0.2) is 60.0 Å². The number of carbonyl (C=O) groups excluding carboxylic acids is 1. The van der Waals surface area contributed by atoms with Crippen LogP contribution in [0.3, 0.4) is 0 Å². The van der Waals surface area contributed by atoms with Gasteiger partial charge in [0.25, 0.3) is 0 Å². The van der Waals surface area contributed by atoms with E-state index in [2.05, 4.69) is 10.3 Å². The molecule has 1 aromatic heterocycles. The van der Waals surface area contributed by atoms with Crippen molar-refractivity contribution in [2.24, 2.45) is 0 Å². The lowest BCUT2D eigenvalue weighted by Crippen LogP contribution is -2.07. The lowest BCUT2D eigenvalue weighted by Gasteiger charge is -2.03. The molecule has 1 N–H and O–H groups in total. The number of aromatic nitrogens is 1. The average molecular weight is 364 g/mol. The van der Waals surface area contributed by atoms with Gasteiger partial charge < -0.3 is 4.74 Å². The summed E-state index contributed by atoms with van der Waals surface area (Å²) >= 11 is 1.40. The fourth-order valence-electron chi connectivity index (χ4n) is 2.35. The van der Waals surface area contributed by atoms with Gasteiger partial charge in [-0.2, -0.15) is 0 Å². The van der Waals surface area contributed by atoms with Crippen LogP contribution in [-0.2, 0) is 4.79 Å². The number of aryl methyl sites for hydroxylation is 1. The SMILES string of the molecule is CCOc1ccc(-c2csc(NC(=O)/C=C/c3ccc(C)cc3)n2)cc1. The summed E-state index contributed by atoms with van der Waals surface area (Å²) in [6.07, 6.45) is 3.30. The molecular weight excluding hydrogens is 344 g/mol. The molecule has 1 heterocycles. The third-order valence-corrected chi connectivity index (χ3v) is 4.46. The van der Waals surface area contributed by atoms with E-state index < -0.39 is 0 Å². The smallest absolute Gasteiger partial charge is 0.250 e. The molecule has 132 valence electrons. The second-order valence-corrected chi connectivity index (χ2v) is 6.59. The number of nitrogens with zero attached hydrogens (tertiary/aromatic N) is 1. The lowest BCUT2D eigenvalue weighted by molar-refractivity contribution is -0.111. The molecule has 0 aliphatic carbocycles. The Bertz CT molecular complexity index is 897. The maximum atomic E-state index is 12.1. The third-order valence-electron chi connectivity index (χ3n) is 3.70. The topological polar surface area (TPSA) is 51.2 Å². The minimum atomic E-state index is -0.196. The van der Waals surface area contributed by atoms with Crippen LogP contribution in [0.5, 0.6) is 5.75 Å². The molecule has 0 atom stereocenters. The Balaban J connectivity index is 1.62. The normalized spacial score (nSPS) is 10.8. The third kappa shape index (κ3) is 4.80. The van der Waals surface area contributed by atoms with Crippen LogP contribution in [-0.4, -0.2) is 17.5 Å². The molecule has 0 aliphatic rings. The van der Waals surface area contributed by atoms with Crippen LogP contribution < -0.4 is 10.1 Å². The number of rotatable bonds is 6. The quantitative estimate of drug-likeness (QED) is 0.614. The summed E-state index contributed by atoms with van der Waals surface area (Å²) in [5, 5.41) is 5.30. The van der Waals surface area contributed by atoms with Crippen LogP contribution >= 0.6 is 11.3 Å². The Morgan fingerprint density at radius 1 is 1.15 bits per heavy atom. The van der Waals surface area contributed by atoms with Crippen LogP contribution in [0, 0.1) is 6.92 Å². The molecule has 0 radical (unpaired) electrons. The summed E-state index contributed by atoms with van der Waals surface area (Å²) in [4.78, 5) is 16.5. The molecule has 0 spiro atoms. The largest absolute Gasteiger partial charge is 0.494 e. The van der Waals surface area contributed by atoms with Crippen molar-refractivity contribution >= 4 is 28.5 Å². The number of benzene rings is 2. The lowest BCUT2D eigenvalue weighted by atomic mass is 10.1. The number of ether oxygens (including phenoxy) is 1. The van der Waals surface area contributed by atoms with E-state index in [0.717, 1.165) is 22.6 Å². The first-order valence-corrected chi connectivity index (χ1v) is 9.26. The Labute approximate surface area is 157 Å². The summed E-state index contributed by atoms with van der Waals surface area (Å²) in [5.41, 5.74) is 3.99. The fourth-order valence-corrected chi connectivity index (χ4v) is 3.07. The van der Waals surface area contributed by atoms with Crippen LogP contribution in [0.4, 0.5) is 5.13 Å². The van der Waals surface area contributed by atoms with Gasteiger partial charge in [-0.3, -0.25) is 10.1 Å². The molecule has 0 saturated carbocycles. The van der Waals surface area contributed by atoms with Crippen molar-refractivity contribution in [1.29, 1.82) is 0 Å². The number of anilines is 1. The minimum absolute atomic E-state index is 0.196. The number of hydrogen-bond acceptors (Lipinski definition) is 4. The first kappa shape index (κ1) is 17.9. The van der Waals surface area contributed by atoms with E-state index in [0.29, 0.717) is 11.7 Å². The van der Waals surface area contributed by atoms with Gasteiger partial charge in [0, 0.05) is 17.0 Å². The summed E-state index contributed by atoms with van der Waals surface area (Å²) in [7, 11) is 0. The van der Waals surface area contributed by atoms with Gasteiger partial charge in [0.15, 0.2) is 5.13 Å². The minimum Gasteiger partial charge on any atom is -0.494 e. The molecule has 4 nitrogen and oxygen atoms in total. The van der Waals surface area contributed by atoms with Crippen molar-refractivity contribution in [3.05, 3.63) is 71.1 Å². The van der Waals surface area contributed by atoms with Crippen LogP contribution in [0.1, 0.15) is 18.1 Å². The predicted molar refractivity (Wildman–Crippen MR) is 108 cm³/mol.